The predicted molar refractivity (Wildman–Crippen MR) is 100 cm³/mol. The summed E-state index contributed by atoms with van der Waals surface area (Å²) in [5, 5.41) is 3.59. The molecule has 4 nitrogen and oxygen atoms in total. The number of benzene rings is 1. The van der Waals surface area contributed by atoms with Crippen LogP contribution in [0.2, 0.25) is 0 Å². The van der Waals surface area contributed by atoms with Crippen LogP contribution in [-0.4, -0.2) is 20.9 Å². The van der Waals surface area contributed by atoms with Crippen LogP contribution in [0.5, 0.6) is 0 Å². The van der Waals surface area contributed by atoms with E-state index >= 15 is 0 Å². The van der Waals surface area contributed by atoms with Crippen molar-refractivity contribution >= 4 is 27.1 Å². The number of hydrogen-bond donors (Lipinski definition) is 1. The zero-order valence-corrected chi connectivity index (χ0v) is 16.0. The third-order valence-electron chi connectivity index (χ3n) is 4.83. The van der Waals surface area contributed by atoms with Gasteiger partial charge in [0, 0.05) is 12.5 Å². The first-order valence-electron chi connectivity index (χ1n) is 8.79. The standard InChI is InChI=1S/C19H22FNO3S2/c20-16-10-8-14(9-11-16)17(26(23,24)18-7-4-12-25-18)13-21-19(22)15-5-2-1-3-6-15/h4,7-12,15,17H,1-3,5-6,13H2,(H,21,22)/t17-/m0/s1. The van der Waals surface area contributed by atoms with E-state index in [1.165, 1.54) is 24.3 Å². The van der Waals surface area contributed by atoms with Crippen molar-refractivity contribution in [2.45, 2.75) is 41.6 Å². The first kappa shape index (κ1) is 19.0. The van der Waals surface area contributed by atoms with Crippen LogP contribution < -0.4 is 5.32 Å². The number of thiophene rings is 1. The highest BCUT2D eigenvalue weighted by Gasteiger charge is 2.31. The lowest BCUT2D eigenvalue weighted by atomic mass is 9.88. The second-order valence-electron chi connectivity index (χ2n) is 6.60. The van der Waals surface area contributed by atoms with Gasteiger partial charge < -0.3 is 5.32 Å². The molecule has 26 heavy (non-hydrogen) atoms. The Kier molecular flexibility index (Phi) is 6.09. The Morgan fingerprint density at radius 1 is 1.15 bits per heavy atom. The van der Waals surface area contributed by atoms with Crippen LogP contribution in [0.1, 0.15) is 42.9 Å². The normalized spacial score (nSPS) is 17.0. The average molecular weight is 396 g/mol. The molecule has 0 aliphatic heterocycles. The number of nitrogens with one attached hydrogen (secondary N) is 1. The number of carbonyl (C=O) groups excluding carboxylic acids is 1. The van der Waals surface area contributed by atoms with Crippen LogP contribution in [0.15, 0.2) is 46.0 Å². The fourth-order valence-electron chi connectivity index (χ4n) is 3.35. The van der Waals surface area contributed by atoms with E-state index in [2.05, 4.69) is 5.32 Å². The molecule has 1 N–H and O–H groups in total. The Balaban J connectivity index is 1.81. The fourth-order valence-corrected chi connectivity index (χ4v) is 6.22. The second kappa shape index (κ2) is 8.31. The van der Waals surface area contributed by atoms with Crippen molar-refractivity contribution in [2.24, 2.45) is 5.92 Å². The summed E-state index contributed by atoms with van der Waals surface area (Å²) in [6, 6.07) is 8.67. The van der Waals surface area contributed by atoms with E-state index in [1.807, 2.05) is 0 Å². The molecule has 7 heteroatoms. The van der Waals surface area contributed by atoms with Gasteiger partial charge in [0.15, 0.2) is 9.84 Å². The molecule has 1 atom stereocenters. The Hall–Kier alpha value is -1.73. The molecule has 0 saturated heterocycles. The second-order valence-corrected chi connectivity index (χ2v) is 9.90. The predicted octanol–water partition coefficient (Wildman–Crippen LogP) is 4.10. The van der Waals surface area contributed by atoms with Crippen molar-refractivity contribution in [3.8, 4) is 0 Å². The van der Waals surface area contributed by atoms with Gasteiger partial charge in [-0.25, -0.2) is 12.8 Å². The van der Waals surface area contributed by atoms with Crippen LogP contribution in [0.4, 0.5) is 4.39 Å². The molecule has 3 rings (SSSR count). The topological polar surface area (TPSA) is 63.2 Å². The third-order valence-corrected chi connectivity index (χ3v) is 8.36. The summed E-state index contributed by atoms with van der Waals surface area (Å²) in [5.74, 6) is -0.549. The lowest BCUT2D eigenvalue weighted by Gasteiger charge is -2.23. The number of carbonyl (C=O) groups is 1. The lowest BCUT2D eigenvalue weighted by molar-refractivity contribution is -0.125. The highest BCUT2D eigenvalue weighted by Crippen LogP contribution is 2.31. The smallest absolute Gasteiger partial charge is 0.223 e. The van der Waals surface area contributed by atoms with Crippen LogP contribution in [0.3, 0.4) is 0 Å². The minimum absolute atomic E-state index is 0.0127. The van der Waals surface area contributed by atoms with Gasteiger partial charge in [0.1, 0.15) is 15.3 Å². The largest absolute Gasteiger partial charge is 0.354 e. The molecule has 0 unspecified atom stereocenters. The molecule has 1 aliphatic carbocycles. The Labute approximate surface area is 157 Å². The lowest BCUT2D eigenvalue weighted by Crippen LogP contribution is -2.36. The third kappa shape index (κ3) is 4.32. The fraction of sp³-hybridized carbons (Fsp3) is 0.421. The molecule has 1 aromatic heterocycles. The highest BCUT2D eigenvalue weighted by molar-refractivity contribution is 7.93. The van der Waals surface area contributed by atoms with Crippen molar-refractivity contribution in [2.75, 3.05) is 6.54 Å². The van der Waals surface area contributed by atoms with E-state index in [4.69, 9.17) is 0 Å². The zero-order chi connectivity index (χ0) is 18.6. The quantitative estimate of drug-likeness (QED) is 0.801. The zero-order valence-electron chi connectivity index (χ0n) is 14.4. The molecule has 0 bridgehead atoms. The molecular weight excluding hydrogens is 373 g/mol. The summed E-state index contributed by atoms with van der Waals surface area (Å²) in [4.78, 5) is 12.4. The molecule has 1 fully saturated rings. The molecule has 140 valence electrons. The number of hydrogen-bond acceptors (Lipinski definition) is 4. The van der Waals surface area contributed by atoms with Gasteiger partial charge in [-0.05, 0) is 42.0 Å². The SMILES string of the molecule is O=C(NC[C@@H](c1ccc(F)cc1)S(=O)(=O)c1cccs1)C1CCCCC1. The monoisotopic (exact) mass is 395 g/mol. The summed E-state index contributed by atoms with van der Waals surface area (Å²) in [6.07, 6.45) is 4.92. The number of amides is 1. The van der Waals surface area contributed by atoms with E-state index in [-0.39, 0.29) is 22.6 Å². The Morgan fingerprint density at radius 3 is 2.46 bits per heavy atom. The Morgan fingerprint density at radius 2 is 1.85 bits per heavy atom. The van der Waals surface area contributed by atoms with Crippen molar-refractivity contribution < 1.29 is 17.6 Å². The number of halogens is 1. The van der Waals surface area contributed by atoms with Crippen LogP contribution >= 0.6 is 11.3 Å². The van der Waals surface area contributed by atoms with E-state index in [0.29, 0.717) is 5.56 Å². The molecule has 0 spiro atoms. The molecule has 0 radical (unpaired) electrons. The molecule has 1 heterocycles. The molecular formula is C19H22FNO3S2. The first-order chi connectivity index (χ1) is 12.5. The average Bonchev–Trinajstić information content (AvgIpc) is 3.19. The van der Waals surface area contributed by atoms with Crippen LogP contribution in [0.25, 0.3) is 0 Å². The van der Waals surface area contributed by atoms with Gasteiger partial charge in [-0.2, -0.15) is 0 Å². The molecule has 1 amide bonds. The van der Waals surface area contributed by atoms with Gasteiger partial charge in [0.05, 0.1) is 0 Å². The first-order valence-corrected chi connectivity index (χ1v) is 11.2. The van der Waals surface area contributed by atoms with Gasteiger partial charge in [-0.1, -0.05) is 37.5 Å². The highest BCUT2D eigenvalue weighted by atomic mass is 32.2. The summed E-state index contributed by atoms with van der Waals surface area (Å²) >= 11 is 1.14. The van der Waals surface area contributed by atoms with Gasteiger partial charge in [0.25, 0.3) is 0 Å². The maximum absolute atomic E-state index is 13.3. The minimum Gasteiger partial charge on any atom is -0.354 e. The summed E-state index contributed by atoms with van der Waals surface area (Å²) in [7, 11) is -3.67. The van der Waals surface area contributed by atoms with Gasteiger partial charge in [-0.3, -0.25) is 4.79 Å². The van der Waals surface area contributed by atoms with Crippen LogP contribution in [0, 0.1) is 11.7 Å². The van der Waals surface area contributed by atoms with Crippen LogP contribution in [-0.2, 0) is 14.6 Å². The van der Waals surface area contributed by atoms with Crippen molar-refractivity contribution in [1.29, 1.82) is 0 Å². The van der Waals surface area contributed by atoms with Crippen molar-refractivity contribution in [3.63, 3.8) is 0 Å². The molecule has 1 aliphatic rings. The van der Waals surface area contributed by atoms with E-state index in [9.17, 15) is 17.6 Å². The van der Waals surface area contributed by atoms with Gasteiger partial charge in [0.2, 0.25) is 5.91 Å². The minimum atomic E-state index is -3.67. The molecule has 2 aromatic rings. The van der Waals surface area contributed by atoms with E-state index < -0.39 is 20.9 Å². The molecule has 1 aromatic carbocycles. The van der Waals surface area contributed by atoms with E-state index in [0.717, 1.165) is 43.4 Å². The number of sulfone groups is 1. The maximum Gasteiger partial charge on any atom is 0.223 e. The number of rotatable bonds is 6. The Bertz CT molecular complexity index is 826. The summed E-state index contributed by atoms with van der Waals surface area (Å²) < 4.78 is 39.6. The van der Waals surface area contributed by atoms with Crippen molar-refractivity contribution in [3.05, 3.63) is 53.2 Å². The van der Waals surface area contributed by atoms with Gasteiger partial charge in [-0.15, -0.1) is 11.3 Å². The summed E-state index contributed by atoms with van der Waals surface area (Å²) in [5.41, 5.74) is 0.476. The van der Waals surface area contributed by atoms with E-state index in [1.54, 1.807) is 17.5 Å². The summed E-state index contributed by atoms with van der Waals surface area (Å²) in [6.45, 7) is -0.0127. The maximum atomic E-state index is 13.3. The van der Waals surface area contributed by atoms with Crippen molar-refractivity contribution in [1.82, 2.24) is 5.32 Å². The molecule has 1 saturated carbocycles. The van der Waals surface area contributed by atoms with Gasteiger partial charge >= 0.3 is 0 Å².